The van der Waals surface area contributed by atoms with Crippen molar-refractivity contribution in [1.82, 2.24) is 24.5 Å². The quantitative estimate of drug-likeness (QED) is 0.381. The summed E-state index contributed by atoms with van der Waals surface area (Å²) < 4.78 is 15.8. The molecule has 35 heavy (non-hydrogen) atoms. The number of anilines is 2. The van der Waals surface area contributed by atoms with E-state index in [-0.39, 0.29) is 12.2 Å². The van der Waals surface area contributed by atoms with E-state index >= 15 is 0 Å². The van der Waals surface area contributed by atoms with Crippen LogP contribution >= 0.6 is 0 Å². The Labute approximate surface area is 200 Å². The van der Waals surface area contributed by atoms with Crippen LogP contribution in [0.1, 0.15) is 24.8 Å². The first-order valence-corrected chi connectivity index (χ1v) is 11.2. The van der Waals surface area contributed by atoms with Crippen LogP contribution in [-0.2, 0) is 11.3 Å². The standard InChI is InChI=1S/C24H25FN8O2/c25-17-4-1-3-15(7-17)18-8-16(11-33-14-31-21-22(26)29-13-30-23(21)33)19(10-28-18)32-6-2-5-24(27,12-32)9-20(34)35/h1,3-4,7-8,10,13-14H,2,5-6,9,11-12,27H2,(H,34,35)(H2,26,29,30)/t24-/m0/s1. The van der Waals surface area contributed by atoms with Crippen LogP contribution in [0.2, 0.25) is 0 Å². The van der Waals surface area contributed by atoms with Crippen molar-refractivity contribution in [1.29, 1.82) is 0 Å². The van der Waals surface area contributed by atoms with E-state index in [0.29, 0.717) is 54.3 Å². The Morgan fingerprint density at radius 2 is 2.06 bits per heavy atom. The number of aromatic nitrogens is 5. The van der Waals surface area contributed by atoms with E-state index in [4.69, 9.17) is 11.5 Å². The molecule has 1 aliphatic rings. The second kappa shape index (κ2) is 8.91. The molecule has 0 amide bonds. The Kier molecular flexibility index (Phi) is 5.77. The highest BCUT2D eigenvalue weighted by Gasteiger charge is 2.34. The molecular formula is C24H25FN8O2. The van der Waals surface area contributed by atoms with E-state index in [9.17, 15) is 14.3 Å². The summed E-state index contributed by atoms with van der Waals surface area (Å²) in [6.45, 7) is 1.49. The van der Waals surface area contributed by atoms with Gasteiger partial charge in [-0.2, -0.15) is 0 Å². The molecule has 0 saturated carbocycles. The first-order chi connectivity index (χ1) is 16.8. The number of nitrogens with two attached hydrogens (primary N) is 2. The topological polar surface area (TPSA) is 149 Å². The Bertz CT molecular complexity index is 1410. The Morgan fingerprint density at radius 1 is 1.20 bits per heavy atom. The fourth-order valence-corrected chi connectivity index (χ4v) is 4.72. The van der Waals surface area contributed by atoms with Crippen molar-refractivity contribution in [3.63, 3.8) is 0 Å². The Hall–Kier alpha value is -4.12. The maximum Gasteiger partial charge on any atom is 0.305 e. The van der Waals surface area contributed by atoms with Crippen molar-refractivity contribution in [2.75, 3.05) is 23.7 Å². The molecule has 0 unspecified atom stereocenters. The maximum absolute atomic E-state index is 13.9. The number of halogens is 1. The lowest BCUT2D eigenvalue weighted by atomic mass is 9.86. The van der Waals surface area contributed by atoms with Crippen molar-refractivity contribution < 1.29 is 14.3 Å². The minimum atomic E-state index is -0.920. The molecule has 1 fully saturated rings. The number of benzene rings is 1. The van der Waals surface area contributed by atoms with Crippen molar-refractivity contribution in [3.8, 4) is 11.3 Å². The number of pyridine rings is 1. The third-order valence-electron chi connectivity index (χ3n) is 6.31. The molecule has 0 spiro atoms. The number of nitrogen functional groups attached to an aromatic ring is 1. The van der Waals surface area contributed by atoms with Gasteiger partial charge in [-0.1, -0.05) is 12.1 Å². The number of hydrogen-bond acceptors (Lipinski definition) is 8. The molecule has 1 aromatic carbocycles. The predicted octanol–water partition coefficient (Wildman–Crippen LogP) is 2.43. The van der Waals surface area contributed by atoms with Crippen molar-refractivity contribution in [2.24, 2.45) is 5.73 Å². The molecule has 1 saturated heterocycles. The zero-order valence-electron chi connectivity index (χ0n) is 18.9. The summed E-state index contributed by atoms with van der Waals surface area (Å²) in [5.41, 5.74) is 15.7. The summed E-state index contributed by atoms with van der Waals surface area (Å²) >= 11 is 0. The maximum atomic E-state index is 13.9. The molecule has 0 bridgehead atoms. The second-order valence-electron chi connectivity index (χ2n) is 8.97. The third kappa shape index (κ3) is 4.62. The zero-order valence-corrected chi connectivity index (χ0v) is 18.9. The first kappa shape index (κ1) is 22.7. The van der Waals surface area contributed by atoms with Crippen LogP contribution in [0.5, 0.6) is 0 Å². The van der Waals surface area contributed by atoms with Gasteiger partial charge in [-0.25, -0.2) is 19.3 Å². The molecule has 5 rings (SSSR count). The monoisotopic (exact) mass is 476 g/mol. The molecule has 0 radical (unpaired) electrons. The number of rotatable bonds is 6. The van der Waals surface area contributed by atoms with Gasteiger partial charge in [0.2, 0.25) is 0 Å². The van der Waals surface area contributed by atoms with Crippen LogP contribution < -0.4 is 16.4 Å². The Balaban J connectivity index is 1.57. The highest BCUT2D eigenvalue weighted by atomic mass is 19.1. The van der Waals surface area contributed by atoms with Crippen LogP contribution in [0.25, 0.3) is 22.4 Å². The van der Waals surface area contributed by atoms with Gasteiger partial charge in [0.15, 0.2) is 11.5 Å². The van der Waals surface area contributed by atoms with E-state index < -0.39 is 11.5 Å². The minimum absolute atomic E-state index is 0.115. The summed E-state index contributed by atoms with van der Waals surface area (Å²) in [5.74, 6) is -0.974. The number of carboxylic acids is 1. The number of hydrogen-bond donors (Lipinski definition) is 3. The molecule has 1 atom stereocenters. The summed E-state index contributed by atoms with van der Waals surface area (Å²) in [5, 5.41) is 9.35. The average molecular weight is 477 g/mol. The lowest BCUT2D eigenvalue weighted by molar-refractivity contribution is -0.138. The number of nitrogens with zero attached hydrogens (tertiary/aromatic N) is 6. The molecule has 1 aliphatic heterocycles. The summed E-state index contributed by atoms with van der Waals surface area (Å²) in [6, 6.07) is 8.17. The molecule has 5 N–H and O–H groups in total. The summed E-state index contributed by atoms with van der Waals surface area (Å²) in [4.78, 5) is 30.8. The number of piperidine rings is 1. The molecule has 3 aromatic heterocycles. The highest BCUT2D eigenvalue weighted by molar-refractivity contribution is 5.81. The largest absolute Gasteiger partial charge is 0.481 e. The molecule has 11 heteroatoms. The number of carbonyl (C=O) groups is 1. The van der Waals surface area contributed by atoms with Gasteiger partial charge in [0.1, 0.15) is 17.7 Å². The van der Waals surface area contributed by atoms with E-state index in [1.165, 1.54) is 18.5 Å². The van der Waals surface area contributed by atoms with E-state index in [1.807, 2.05) is 10.6 Å². The molecule has 10 nitrogen and oxygen atoms in total. The van der Waals surface area contributed by atoms with Gasteiger partial charge < -0.3 is 26.0 Å². The van der Waals surface area contributed by atoms with Crippen LogP contribution in [0, 0.1) is 5.82 Å². The zero-order chi connectivity index (χ0) is 24.6. The fraction of sp³-hybridized carbons (Fsp3) is 0.292. The molecule has 4 heterocycles. The smallest absolute Gasteiger partial charge is 0.305 e. The van der Waals surface area contributed by atoms with Crippen molar-refractivity contribution >= 4 is 28.6 Å². The second-order valence-corrected chi connectivity index (χ2v) is 8.97. The lowest BCUT2D eigenvalue weighted by Gasteiger charge is -2.41. The van der Waals surface area contributed by atoms with Gasteiger partial charge in [0, 0.05) is 24.2 Å². The predicted molar refractivity (Wildman–Crippen MR) is 129 cm³/mol. The Morgan fingerprint density at radius 3 is 2.86 bits per heavy atom. The first-order valence-electron chi connectivity index (χ1n) is 11.2. The molecular weight excluding hydrogens is 451 g/mol. The van der Waals surface area contributed by atoms with Crippen LogP contribution in [0.3, 0.4) is 0 Å². The van der Waals surface area contributed by atoms with E-state index in [0.717, 1.165) is 17.7 Å². The van der Waals surface area contributed by atoms with Crippen LogP contribution in [0.4, 0.5) is 15.9 Å². The number of aliphatic carboxylic acids is 1. The summed E-state index contributed by atoms with van der Waals surface area (Å²) in [6.07, 6.45) is 6.05. The van der Waals surface area contributed by atoms with Gasteiger partial charge in [0.25, 0.3) is 0 Å². The van der Waals surface area contributed by atoms with Gasteiger partial charge in [0.05, 0.1) is 36.9 Å². The molecule has 180 valence electrons. The van der Waals surface area contributed by atoms with Gasteiger partial charge in [-0.3, -0.25) is 9.78 Å². The summed E-state index contributed by atoms with van der Waals surface area (Å²) in [7, 11) is 0. The van der Waals surface area contributed by atoms with Gasteiger partial charge >= 0.3 is 5.97 Å². The minimum Gasteiger partial charge on any atom is -0.481 e. The molecule has 0 aliphatic carbocycles. The normalized spacial score (nSPS) is 18.2. The number of fused-ring (bicyclic) bond motifs is 1. The lowest BCUT2D eigenvalue weighted by Crippen LogP contribution is -2.55. The van der Waals surface area contributed by atoms with E-state index in [2.05, 4.69) is 24.8 Å². The van der Waals surface area contributed by atoms with Gasteiger partial charge in [-0.15, -0.1) is 0 Å². The van der Waals surface area contributed by atoms with Crippen LogP contribution in [-0.4, -0.2) is 54.2 Å². The van der Waals surface area contributed by atoms with Crippen molar-refractivity contribution in [3.05, 3.63) is 60.6 Å². The number of imidazole rings is 1. The number of carboxylic acid groups (broad SMARTS) is 1. The SMILES string of the molecule is Nc1ncnc2c1ncn2Cc1cc(-c2cccc(F)c2)ncc1N1CCC[C@](N)(CC(=O)O)C1. The van der Waals surface area contributed by atoms with Gasteiger partial charge in [-0.05, 0) is 36.6 Å². The highest BCUT2D eigenvalue weighted by Crippen LogP contribution is 2.32. The third-order valence-corrected chi connectivity index (χ3v) is 6.31. The van der Waals surface area contributed by atoms with Crippen LogP contribution in [0.15, 0.2) is 49.2 Å². The van der Waals surface area contributed by atoms with Crippen molar-refractivity contribution in [2.45, 2.75) is 31.3 Å². The molecule has 4 aromatic rings. The fourth-order valence-electron chi connectivity index (χ4n) is 4.72. The average Bonchev–Trinajstić information content (AvgIpc) is 3.22. The van der Waals surface area contributed by atoms with E-state index in [1.54, 1.807) is 24.7 Å².